The summed E-state index contributed by atoms with van der Waals surface area (Å²) in [4.78, 5) is 44.0. The number of fused-ring (bicyclic) bond motifs is 6. The van der Waals surface area contributed by atoms with Gasteiger partial charge in [-0.1, -0.05) is 86.7 Å². The summed E-state index contributed by atoms with van der Waals surface area (Å²) >= 11 is 0. The number of nitrogens with zero attached hydrogens (tertiary/aromatic N) is 1. The van der Waals surface area contributed by atoms with Gasteiger partial charge in [0, 0.05) is 16.9 Å². The van der Waals surface area contributed by atoms with Crippen LogP contribution in [0.3, 0.4) is 0 Å². The fraction of sp³-hybridized carbons (Fsp3) is 0.281. The molecule has 4 atom stereocenters. The van der Waals surface area contributed by atoms with E-state index >= 15 is 0 Å². The lowest BCUT2D eigenvalue weighted by Crippen LogP contribution is -2.51. The van der Waals surface area contributed by atoms with E-state index in [0.717, 1.165) is 28.8 Å². The summed E-state index contributed by atoms with van der Waals surface area (Å²) in [5, 5.41) is 3.05. The lowest BCUT2D eigenvalue weighted by atomic mass is 9.64. The molecule has 1 saturated heterocycles. The van der Waals surface area contributed by atoms with E-state index in [4.69, 9.17) is 0 Å². The molecule has 1 amide bonds. The lowest BCUT2D eigenvalue weighted by molar-refractivity contribution is -0.122. The predicted octanol–water partition coefficient (Wildman–Crippen LogP) is 5.45. The van der Waals surface area contributed by atoms with Gasteiger partial charge in [0.15, 0.2) is 11.6 Å². The summed E-state index contributed by atoms with van der Waals surface area (Å²) in [5.74, 6) is -0.915. The molecule has 3 aromatic carbocycles. The molecular weight excluding hydrogens is 460 g/mol. The summed E-state index contributed by atoms with van der Waals surface area (Å²) in [6, 6.07) is 21.9. The van der Waals surface area contributed by atoms with E-state index in [1.54, 1.807) is 0 Å². The molecule has 3 aliphatic rings. The number of nitrogens with one attached hydrogen (secondary N) is 1. The van der Waals surface area contributed by atoms with Crippen molar-refractivity contribution in [2.24, 2.45) is 11.8 Å². The maximum absolute atomic E-state index is 14.5. The van der Waals surface area contributed by atoms with Crippen molar-refractivity contribution in [2.75, 3.05) is 10.2 Å². The Labute approximate surface area is 217 Å². The molecule has 3 heterocycles. The first-order chi connectivity index (χ1) is 17.8. The van der Waals surface area contributed by atoms with Crippen molar-refractivity contribution in [1.82, 2.24) is 0 Å². The number of anilines is 2. The van der Waals surface area contributed by atoms with Crippen LogP contribution < -0.4 is 10.2 Å². The zero-order valence-electron chi connectivity index (χ0n) is 21.3. The van der Waals surface area contributed by atoms with E-state index in [0.29, 0.717) is 17.2 Å². The first-order valence-corrected chi connectivity index (χ1v) is 12.9. The summed E-state index contributed by atoms with van der Waals surface area (Å²) in [7, 11) is 0. The van der Waals surface area contributed by atoms with Gasteiger partial charge >= 0.3 is 0 Å². The maximum Gasteiger partial charge on any atom is 0.238 e. The molecule has 5 heteroatoms. The molecule has 3 aliphatic heterocycles. The second-order valence-corrected chi connectivity index (χ2v) is 10.8. The molecule has 0 aromatic heterocycles. The molecular formula is C32H30N2O3. The van der Waals surface area contributed by atoms with E-state index in [-0.39, 0.29) is 17.5 Å². The zero-order valence-corrected chi connectivity index (χ0v) is 21.3. The van der Waals surface area contributed by atoms with Crippen LogP contribution in [0.5, 0.6) is 0 Å². The number of amides is 1. The Morgan fingerprint density at radius 3 is 2.41 bits per heavy atom. The van der Waals surface area contributed by atoms with Crippen LogP contribution in [0.2, 0.25) is 0 Å². The predicted molar refractivity (Wildman–Crippen MR) is 146 cm³/mol. The lowest BCUT2D eigenvalue weighted by Gasteiger charge is -2.37. The Kier molecular flexibility index (Phi) is 5.41. The molecule has 1 spiro atoms. The molecule has 0 aliphatic carbocycles. The average Bonchev–Trinajstić information content (AvgIpc) is 3.37. The van der Waals surface area contributed by atoms with Crippen molar-refractivity contribution in [2.45, 2.75) is 44.7 Å². The topological polar surface area (TPSA) is 66.5 Å². The van der Waals surface area contributed by atoms with E-state index in [2.05, 4.69) is 19.2 Å². The smallest absolute Gasteiger partial charge is 0.238 e. The molecule has 186 valence electrons. The molecule has 5 nitrogen and oxygen atoms in total. The third kappa shape index (κ3) is 3.33. The Morgan fingerprint density at radius 1 is 0.973 bits per heavy atom. The van der Waals surface area contributed by atoms with Crippen LogP contribution in [0.15, 0.2) is 78.9 Å². The largest absolute Gasteiger partial charge is 0.352 e. The number of benzene rings is 3. The van der Waals surface area contributed by atoms with Crippen molar-refractivity contribution in [3.8, 4) is 0 Å². The fourth-order valence-electron chi connectivity index (χ4n) is 6.73. The quantitative estimate of drug-likeness (QED) is 0.483. The first kappa shape index (κ1) is 23.4. The van der Waals surface area contributed by atoms with Crippen molar-refractivity contribution in [3.05, 3.63) is 101 Å². The number of hydrogen-bond acceptors (Lipinski definition) is 4. The van der Waals surface area contributed by atoms with Gasteiger partial charge in [-0.15, -0.1) is 0 Å². The van der Waals surface area contributed by atoms with Gasteiger partial charge in [-0.2, -0.15) is 0 Å². The summed E-state index contributed by atoms with van der Waals surface area (Å²) < 4.78 is 0. The molecule has 0 radical (unpaired) electrons. The highest BCUT2D eigenvalue weighted by molar-refractivity contribution is 6.16. The van der Waals surface area contributed by atoms with Crippen molar-refractivity contribution < 1.29 is 14.4 Å². The van der Waals surface area contributed by atoms with Crippen LogP contribution >= 0.6 is 0 Å². The van der Waals surface area contributed by atoms with Crippen LogP contribution in [-0.2, 0) is 21.4 Å². The fourth-order valence-corrected chi connectivity index (χ4v) is 6.73. The van der Waals surface area contributed by atoms with Gasteiger partial charge in [0.1, 0.15) is 5.41 Å². The summed E-state index contributed by atoms with van der Waals surface area (Å²) in [5.41, 5.74) is 3.77. The minimum atomic E-state index is -1.23. The second-order valence-electron chi connectivity index (χ2n) is 10.8. The highest BCUT2D eigenvalue weighted by atomic mass is 16.2. The van der Waals surface area contributed by atoms with Gasteiger partial charge in [0.05, 0.1) is 18.0 Å². The summed E-state index contributed by atoms with van der Waals surface area (Å²) in [6.45, 7) is 5.86. The van der Waals surface area contributed by atoms with Crippen LogP contribution in [0.4, 0.5) is 11.4 Å². The first-order valence-electron chi connectivity index (χ1n) is 12.9. The van der Waals surface area contributed by atoms with Gasteiger partial charge in [0.25, 0.3) is 0 Å². The van der Waals surface area contributed by atoms with E-state index in [9.17, 15) is 14.4 Å². The molecule has 37 heavy (non-hydrogen) atoms. The molecule has 0 bridgehead atoms. The number of carbonyl (C=O) groups excluding carboxylic acids is 3. The Balaban J connectivity index is 1.57. The van der Waals surface area contributed by atoms with Crippen molar-refractivity contribution >= 4 is 34.9 Å². The van der Waals surface area contributed by atoms with Crippen LogP contribution in [-0.4, -0.2) is 29.6 Å². The van der Waals surface area contributed by atoms with Gasteiger partial charge in [-0.3, -0.25) is 14.4 Å². The molecule has 6 rings (SSSR count). The maximum atomic E-state index is 14.5. The third-order valence-electron chi connectivity index (χ3n) is 8.12. The van der Waals surface area contributed by atoms with Crippen LogP contribution in [0.25, 0.3) is 6.08 Å². The number of para-hydroxylation sites is 2. The highest BCUT2D eigenvalue weighted by Crippen LogP contribution is 2.57. The number of rotatable bonds is 5. The van der Waals surface area contributed by atoms with Gasteiger partial charge in [-0.05, 0) is 48.1 Å². The number of Topliss-reactive ketones (excluding diaryl/α,β-unsaturated/α-hetero) is 2. The molecule has 1 fully saturated rings. The third-order valence-corrected chi connectivity index (χ3v) is 8.12. The van der Waals surface area contributed by atoms with Crippen LogP contribution in [0, 0.1) is 11.8 Å². The number of carbonyl (C=O) groups is 3. The van der Waals surface area contributed by atoms with Crippen LogP contribution in [0.1, 0.15) is 47.8 Å². The van der Waals surface area contributed by atoms with E-state index < -0.39 is 23.4 Å². The minimum absolute atomic E-state index is 0.126. The van der Waals surface area contributed by atoms with Gasteiger partial charge in [0.2, 0.25) is 5.91 Å². The number of hydrogen-bond donors (Lipinski definition) is 1. The van der Waals surface area contributed by atoms with Crippen molar-refractivity contribution in [1.29, 1.82) is 0 Å². The molecule has 1 N–H and O–H groups in total. The SMILES string of the molecule is CC(=O)[C@@H]1[C@H](C(=O)c2ccc(CC(C)C)cc2)[C@]2(C(=O)Nc3ccccc32)[C@@H]2C=Cc3ccccc3N12. The second kappa shape index (κ2) is 8.55. The summed E-state index contributed by atoms with van der Waals surface area (Å²) in [6.07, 6.45) is 4.93. The molecule has 3 aromatic rings. The zero-order chi connectivity index (χ0) is 25.9. The standard InChI is InChI=1S/C32H30N2O3/c1-19(2)18-21-12-14-23(15-13-21)30(36)28-29(20(3)35)34-26-11-7-4-8-22(26)16-17-27(34)32(28)24-9-5-6-10-25(24)33-31(32)37/h4-17,19,27-29H,18H2,1-3H3,(H,33,37)/t27-,28+,29+,32+/m0/s1. The minimum Gasteiger partial charge on any atom is -0.352 e. The number of ketones is 2. The monoisotopic (exact) mass is 490 g/mol. The van der Waals surface area contributed by atoms with Crippen molar-refractivity contribution in [3.63, 3.8) is 0 Å². The Hall–Kier alpha value is -3.99. The normalized spacial score (nSPS) is 25.1. The average molecular weight is 491 g/mol. The van der Waals surface area contributed by atoms with Gasteiger partial charge < -0.3 is 10.2 Å². The highest BCUT2D eigenvalue weighted by Gasteiger charge is 2.69. The van der Waals surface area contributed by atoms with E-state index in [1.165, 1.54) is 6.92 Å². The Morgan fingerprint density at radius 2 is 1.68 bits per heavy atom. The Bertz CT molecular complexity index is 1450. The van der Waals surface area contributed by atoms with E-state index in [1.807, 2.05) is 89.8 Å². The van der Waals surface area contributed by atoms with Gasteiger partial charge in [-0.25, -0.2) is 0 Å². The molecule has 0 saturated carbocycles. The molecule has 0 unspecified atom stereocenters.